The Balaban J connectivity index is 1.96. The Morgan fingerprint density at radius 1 is 1.36 bits per heavy atom. The van der Waals surface area contributed by atoms with Crippen molar-refractivity contribution in [2.45, 2.75) is 26.2 Å². The lowest BCUT2D eigenvalue weighted by Gasteiger charge is -2.18. The summed E-state index contributed by atoms with van der Waals surface area (Å²) in [7, 11) is 1.56. The molecule has 1 aromatic carbocycles. The molecule has 7 heteroatoms. The SMILES string of the molecule is CC(CN(C)C(=O)c1nn(-c2ccccc2F)c2c1CCC2)C(=O)O. The maximum absolute atomic E-state index is 14.2. The summed E-state index contributed by atoms with van der Waals surface area (Å²) in [6.45, 7) is 1.64. The summed E-state index contributed by atoms with van der Waals surface area (Å²) < 4.78 is 15.7. The maximum atomic E-state index is 14.2. The van der Waals surface area contributed by atoms with Crippen LogP contribution in [0, 0.1) is 11.7 Å². The van der Waals surface area contributed by atoms with Crippen LogP contribution in [0.15, 0.2) is 24.3 Å². The van der Waals surface area contributed by atoms with Crippen LogP contribution in [0.25, 0.3) is 5.69 Å². The molecular weight excluding hydrogens is 325 g/mol. The van der Waals surface area contributed by atoms with Crippen molar-refractivity contribution >= 4 is 11.9 Å². The van der Waals surface area contributed by atoms with Gasteiger partial charge in [-0.05, 0) is 31.4 Å². The number of hydrogen-bond donors (Lipinski definition) is 1. The van der Waals surface area contributed by atoms with Gasteiger partial charge in [-0.2, -0.15) is 5.10 Å². The Labute approximate surface area is 144 Å². The summed E-state index contributed by atoms with van der Waals surface area (Å²) in [5.74, 6) is -2.36. The van der Waals surface area contributed by atoms with Gasteiger partial charge in [0.05, 0.1) is 5.92 Å². The van der Waals surface area contributed by atoms with E-state index in [4.69, 9.17) is 5.11 Å². The van der Waals surface area contributed by atoms with Crippen molar-refractivity contribution in [2.75, 3.05) is 13.6 Å². The predicted octanol–water partition coefficient (Wildman–Crippen LogP) is 2.29. The molecule has 0 radical (unpaired) electrons. The molecule has 132 valence electrons. The van der Waals surface area contributed by atoms with Crippen molar-refractivity contribution in [3.05, 3.63) is 47.0 Å². The zero-order valence-electron chi connectivity index (χ0n) is 14.2. The van der Waals surface area contributed by atoms with Gasteiger partial charge in [0.15, 0.2) is 5.69 Å². The Morgan fingerprint density at radius 3 is 2.76 bits per heavy atom. The molecule has 0 spiro atoms. The summed E-state index contributed by atoms with van der Waals surface area (Å²) in [5.41, 5.74) is 2.30. The number of amides is 1. The molecule has 0 bridgehead atoms. The van der Waals surface area contributed by atoms with Crippen LogP contribution in [0.2, 0.25) is 0 Å². The van der Waals surface area contributed by atoms with E-state index in [-0.39, 0.29) is 18.1 Å². The number of para-hydroxylation sites is 1. The summed E-state index contributed by atoms with van der Waals surface area (Å²) in [6, 6.07) is 6.32. The molecule has 2 aromatic rings. The first-order chi connectivity index (χ1) is 11.9. The molecule has 3 rings (SSSR count). The lowest BCUT2D eigenvalue weighted by Crippen LogP contribution is -2.34. The molecular formula is C18H20FN3O3. The second-order valence-electron chi connectivity index (χ2n) is 6.42. The number of carbonyl (C=O) groups is 2. The number of benzene rings is 1. The van der Waals surface area contributed by atoms with E-state index in [1.165, 1.54) is 15.6 Å². The predicted molar refractivity (Wildman–Crippen MR) is 89.3 cm³/mol. The van der Waals surface area contributed by atoms with E-state index in [1.807, 2.05) is 0 Å². The van der Waals surface area contributed by atoms with Crippen molar-refractivity contribution in [2.24, 2.45) is 5.92 Å². The zero-order valence-corrected chi connectivity index (χ0v) is 14.2. The molecule has 0 aliphatic heterocycles. The van der Waals surface area contributed by atoms with Crippen LogP contribution in [0.5, 0.6) is 0 Å². The van der Waals surface area contributed by atoms with Gasteiger partial charge in [-0.1, -0.05) is 19.1 Å². The fourth-order valence-electron chi connectivity index (χ4n) is 3.18. The Hall–Kier alpha value is -2.70. The molecule has 1 heterocycles. The Morgan fingerprint density at radius 2 is 2.08 bits per heavy atom. The molecule has 1 aliphatic carbocycles. The molecule has 1 unspecified atom stereocenters. The van der Waals surface area contributed by atoms with E-state index < -0.39 is 17.7 Å². The van der Waals surface area contributed by atoms with Crippen molar-refractivity contribution < 1.29 is 19.1 Å². The number of carbonyl (C=O) groups excluding carboxylic acids is 1. The minimum Gasteiger partial charge on any atom is -0.481 e. The highest BCUT2D eigenvalue weighted by atomic mass is 19.1. The average Bonchev–Trinajstić information content (AvgIpc) is 3.17. The van der Waals surface area contributed by atoms with Gasteiger partial charge in [0.1, 0.15) is 11.5 Å². The van der Waals surface area contributed by atoms with E-state index in [0.29, 0.717) is 12.1 Å². The second-order valence-corrected chi connectivity index (χ2v) is 6.42. The van der Waals surface area contributed by atoms with Crippen LogP contribution in [0.3, 0.4) is 0 Å². The maximum Gasteiger partial charge on any atom is 0.308 e. The molecule has 0 fully saturated rings. The first-order valence-corrected chi connectivity index (χ1v) is 8.24. The molecule has 1 aliphatic rings. The van der Waals surface area contributed by atoms with E-state index >= 15 is 0 Å². The van der Waals surface area contributed by atoms with Crippen LogP contribution in [0.1, 0.15) is 35.1 Å². The number of fused-ring (bicyclic) bond motifs is 1. The number of carboxylic acids is 1. The van der Waals surface area contributed by atoms with Gasteiger partial charge in [0.25, 0.3) is 5.91 Å². The smallest absolute Gasteiger partial charge is 0.308 e. The fraction of sp³-hybridized carbons (Fsp3) is 0.389. The third-order valence-electron chi connectivity index (χ3n) is 4.53. The second kappa shape index (κ2) is 6.66. The minimum absolute atomic E-state index is 0.0928. The summed E-state index contributed by atoms with van der Waals surface area (Å²) in [6.07, 6.45) is 2.34. The number of aromatic nitrogens is 2. The van der Waals surface area contributed by atoms with E-state index in [1.54, 1.807) is 32.2 Å². The first-order valence-electron chi connectivity index (χ1n) is 8.24. The van der Waals surface area contributed by atoms with E-state index in [0.717, 1.165) is 24.1 Å². The first kappa shape index (κ1) is 17.1. The summed E-state index contributed by atoms with van der Waals surface area (Å²) in [4.78, 5) is 25.1. The van der Waals surface area contributed by atoms with Gasteiger partial charge in [0, 0.05) is 24.8 Å². The average molecular weight is 345 g/mol. The highest BCUT2D eigenvalue weighted by molar-refractivity contribution is 5.94. The number of halogens is 1. The van der Waals surface area contributed by atoms with Gasteiger partial charge >= 0.3 is 5.97 Å². The molecule has 1 atom stereocenters. The molecule has 1 aromatic heterocycles. The zero-order chi connectivity index (χ0) is 18.1. The number of hydrogen-bond acceptors (Lipinski definition) is 3. The van der Waals surface area contributed by atoms with Crippen molar-refractivity contribution in [3.8, 4) is 5.69 Å². The Kier molecular flexibility index (Phi) is 4.57. The molecule has 6 nitrogen and oxygen atoms in total. The highest BCUT2D eigenvalue weighted by Gasteiger charge is 2.30. The minimum atomic E-state index is -0.957. The van der Waals surface area contributed by atoms with Crippen LogP contribution in [-0.4, -0.2) is 45.3 Å². The topological polar surface area (TPSA) is 75.4 Å². The lowest BCUT2D eigenvalue weighted by atomic mass is 10.1. The quantitative estimate of drug-likeness (QED) is 0.902. The Bertz CT molecular complexity index is 831. The molecule has 1 amide bonds. The number of nitrogens with zero attached hydrogens (tertiary/aromatic N) is 3. The van der Waals surface area contributed by atoms with Crippen molar-refractivity contribution in [1.29, 1.82) is 0 Å². The van der Waals surface area contributed by atoms with Crippen LogP contribution in [-0.2, 0) is 17.6 Å². The van der Waals surface area contributed by atoms with Gasteiger partial charge in [-0.15, -0.1) is 0 Å². The standard InChI is InChI=1S/C18H20FN3O3/c1-11(18(24)25)10-21(2)17(23)16-12-6-5-9-14(12)22(20-16)15-8-4-3-7-13(15)19/h3-4,7-8,11H,5-6,9-10H2,1-2H3,(H,24,25). The van der Waals surface area contributed by atoms with Gasteiger partial charge in [0.2, 0.25) is 0 Å². The lowest BCUT2D eigenvalue weighted by molar-refractivity contribution is -0.141. The largest absolute Gasteiger partial charge is 0.481 e. The third kappa shape index (κ3) is 3.14. The van der Waals surface area contributed by atoms with Crippen LogP contribution < -0.4 is 0 Å². The van der Waals surface area contributed by atoms with Gasteiger partial charge < -0.3 is 10.0 Å². The van der Waals surface area contributed by atoms with Crippen LogP contribution in [0.4, 0.5) is 4.39 Å². The number of carboxylic acid groups (broad SMARTS) is 1. The molecule has 1 N–H and O–H groups in total. The van der Waals surface area contributed by atoms with Crippen molar-refractivity contribution in [1.82, 2.24) is 14.7 Å². The molecule has 25 heavy (non-hydrogen) atoms. The highest BCUT2D eigenvalue weighted by Crippen LogP contribution is 2.29. The van der Waals surface area contributed by atoms with Crippen molar-refractivity contribution in [3.63, 3.8) is 0 Å². The van der Waals surface area contributed by atoms with E-state index in [2.05, 4.69) is 5.10 Å². The number of rotatable bonds is 5. The summed E-state index contributed by atoms with van der Waals surface area (Å²) in [5, 5.41) is 13.4. The molecule has 0 saturated heterocycles. The van der Waals surface area contributed by atoms with E-state index in [9.17, 15) is 14.0 Å². The summed E-state index contributed by atoms with van der Waals surface area (Å²) >= 11 is 0. The molecule has 0 saturated carbocycles. The fourth-order valence-corrected chi connectivity index (χ4v) is 3.18. The van der Waals surface area contributed by atoms with Gasteiger partial charge in [-0.25, -0.2) is 9.07 Å². The number of aliphatic carboxylic acids is 1. The third-order valence-corrected chi connectivity index (χ3v) is 4.53. The normalized spacial score (nSPS) is 14.2. The van der Waals surface area contributed by atoms with Gasteiger partial charge in [-0.3, -0.25) is 9.59 Å². The van der Waals surface area contributed by atoms with Crippen LogP contribution >= 0.6 is 0 Å². The monoisotopic (exact) mass is 345 g/mol.